The number of hydrogen-bond acceptors (Lipinski definition) is 4. The molecule has 1 aromatic heterocycles. The van der Waals surface area contributed by atoms with Crippen molar-refractivity contribution in [2.75, 3.05) is 6.61 Å². The van der Waals surface area contributed by atoms with Gasteiger partial charge in [-0.1, -0.05) is 0 Å². The van der Waals surface area contributed by atoms with Crippen LogP contribution >= 0.6 is 0 Å². The van der Waals surface area contributed by atoms with E-state index in [1.807, 2.05) is 0 Å². The summed E-state index contributed by atoms with van der Waals surface area (Å²) in [5.41, 5.74) is 0. The third kappa shape index (κ3) is 1.15. The van der Waals surface area contributed by atoms with Crippen LogP contribution in [0.3, 0.4) is 0 Å². The molecular formula is C7H8N2O4. The lowest BCUT2D eigenvalue weighted by atomic mass is 10.3. The van der Waals surface area contributed by atoms with E-state index in [0.29, 0.717) is 19.0 Å². The molecule has 1 aromatic rings. The van der Waals surface area contributed by atoms with Gasteiger partial charge in [0, 0.05) is 0 Å². The second kappa shape index (κ2) is 2.74. The molecule has 2 N–H and O–H groups in total. The number of hydrogen-bond donors (Lipinski definition) is 2. The van der Waals surface area contributed by atoms with Crippen molar-refractivity contribution in [1.29, 1.82) is 0 Å². The normalized spacial score (nSPS) is 16.4. The Balaban J connectivity index is 2.36. The van der Waals surface area contributed by atoms with E-state index in [0.717, 1.165) is 0 Å². The van der Waals surface area contributed by atoms with Crippen LogP contribution in [0.4, 0.5) is 0 Å². The summed E-state index contributed by atoms with van der Waals surface area (Å²) in [6.07, 6.45) is -0.162. The Morgan fingerprint density at radius 3 is 3.23 bits per heavy atom. The number of carboxylic acids is 1. The van der Waals surface area contributed by atoms with Gasteiger partial charge in [0.25, 0.3) is 0 Å². The van der Waals surface area contributed by atoms with Gasteiger partial charge in [-0.2, -0.15) is 0 Å². The van der Waals surface area contributed by atoms with E-state index in [4.69, 9.17) is 9.84 Å². The lowest BCUT2D eigenvalue weighted by Crippen LogP contribution is -2.15. The third-order valence-electron chi connectivity index (χ3n) is 1.89. The number of fused-ring (bicyclic) bond motifs is 1. The average molecular weight is 184 g/mol. The van der Waals surface area contributed by atoms with Gasteiger partial charge in [-0.25, -0.2) is 9.78 Å². The number of carbonyl (C=O) groups is 1. The molecule has 0 radical (unpaired) electrons. The van der Waals surface area contributed by atoms with Gasteiger partial charge in [0.15, 0.2) is 5.82 Å². The van der Waals surface area contributed by atoms with Crippen LogP contribution in [-0.2, 0) is 11.3 Å². The highest BCUT2D eigenvalue weighted by Crippen LogP contribution is 2.23. The van der Waals surface area contributed by atoms with E-state index in [2.05, 4.69) is 4.98 Å². The molecule has 2 rings (SSSR count). The first-order valence-electron chi connectivity index (χ1n) is 3.79. The standard InChI is InChI=1S/C7H8N2O4/c10-5(7(11)12)6-8-3-4-9(6)1-2-13-4/h3,5,10H,1-2H2,(H,11,12). The zero-order valence-electron chi connectivity index (χ0n) is 6.67. The summed E-state index contributed by atoms with van der Waals surface area (Å²) in [5.74, 6) is -0.671. The van der Waals surface area contributed by atoms with Crippen molar-refractivity contribution >= 4 is 5.97 Å². The number of ether oxygens (including phenoxy) is 1. The quantitative estimate of drug-likeness (QED) is 0.640. The summed E-state index contributed by atoms with van der Waals surface area (Å²) in [6.45, 7) is 1.03. The highest BCUT2D eigenvalue weighted by Gasteiger charge is 2.26. The molecule has 0 aliphatic carbocycles. The number of imidazole rings is 1. The van der Waals surface area contributed by atoms with Crippen LogP contribution in [0.25, 0.3) is 0 Å². The third-order valence-corrected chi connectivity index (χ3v) is 1.89. The maximum atomic E-state index is 10.5. The van der Waals surface area contributed by atoms with E-state index in [1.54, 1.807) is 4.57 Å². The summed E-state index contributed by atoms with van der Waals surface area (Å²) >= 11 is 0. The smallest absolute Gasteiger partial charge is 0.340 e. The van der Waals surface area contributed by atoms with Gasteiger partial charge in [0.2, 0.25) is 12.0 Å². The first kappa shape index (κ1) is 8.06. The predicted molar refractivity (Wildman–Crippen MR) is 40.3 cm³/mol. The van der Waals surface area contributed by atoms with Gasteiger partial charge in [-0.05, 0) is 0 Å². The van der Waals surface area contributed by atoms with Gasteiger partial charge in [0.05, 0.1) is 12.7 Å². The zero-order chi connectivity index (χ0) is 9.42. The molecule has 1 aliphatic heterocycles. The Labute approximate surface area is 73.4 Å². The van der Waals surface area contributed by atoms with Gasteiger partial charge < -0.3 is 14.9 Å². The van der Waals surface area contributed by atoms with E-state index in [-0.39, 0.29) is 5.82 Å². The number of aliphatic hydroxyl groups excluding tert-OH is 1. The lowest BCUT2D eigenvalue weighted by molar-refractivity contribution is -0.147. The second-order valence-electron chi connectivity index (χ2n) is 2.70. The van der Waals surface area contributed by atoms with Crippen molar-refractivity contribution in [3.8, 4) is 5.88 Å². The van der Waals surface area contributed by atoms with Crippen LogP contribution < -0.4 is 4.74 Å². The fraction of sp³-hybridized carbons (Fsp3) is 0.429. The summed E-state index contributed by atoms with van der Waals surface area (Å²) < 4.78 is 6.66. The van der Waals surface area contributed by atoms with Crippen molar-refractivity contribution in [3.63, 3.8) is 0 Å². The summed E-state index contributed by atoms with van der Waals surface area (Å²) in [7, 11) is 0. The Morgan fingerprint density at radius 2 is 2.54 bits per heavy atom. The van der Waals surface area contributed by atoms with Gasteiger partial charge in [0.1, 0.15) is 6.61 Å². The maximum absolute atomic E-state index is 10.5. The number of rotatable bonds is 2. The highest BCUT2D eigenvalue weighted by molar-refractivity contribution is 5.72. The molecule has 1 aliphatic rings. The van der Waals surface area contributed by atoms with E-state index in [1.165, 1.54) is 6.20 Å². The number of carboxylic acid groups (broad SMARTS) is 1. The number of aromatic nitrogens is 2. The minimum Gasteiger partial charge on any atom is -0.479 e. The monoisotopic (exact) mass is 184 g/mol. The Bertz CT molecular complexity index is 346. The minimum atomic E-state index is -1.57. The fourth-order valence-corrected chi connectivity index (χ4v) is 1.28. The molecule has 6 nitrogen and oxygen atoms in total. The van der Waals surface area contributed by atoms with Crippen molar-refractivity contribution in [2.45, 2.75) is 12.6 Å². The molecule has 1 atom stereocenters. The van der Waals surface area contributed by atoms with E-state index >= 15 is 0 Å². The van der Waals surface area contributed by atoms with Crippen LogP contribution in [0.2, 0.25) is 0 Å². The van der Waals surface area contributed by atoms with Crippen LogP contribution in [0, 0.1) is 0 Å². The van der Waals surface area contributed by atoms with Gasteiger partial charge >= 0.3 is 5.97 Å². The molecule has 0 amide bonds. The Kier molecular flexibility index (Phi) is 1.70. The van der Waals surface area contributed by atoms with Crippen molar-refractivity contribution < 1.29 is 19.7 Å². The van der Waals surface area contributed by atoms with Crippen LogP contribution in [0.15, 0.2) is 6.20 Å². The molecule has 0 saturated carbocycles. The Hall–Kier alpha value is -1.56. The van der Waals surface area contributed by atoms with Crippen molar-refractivity contribution in [1.82, 2.24) is 9.55 Å². The lowest BCUT2D eigenvalue weighted by Gasteiger charge is -2.04. The van der Waals surface area contributed by atoms with Crippen LogP contribution in [0.1, 0.15) is 11.9 Å². The summed E-state index contributed by atoms with van der Waals surface area (Å²) in [6, 6.07) is 0. The molecule has 13 heavy (non-hydrogen) atoms. The molecule has 0 fully saturated rings. The Morgan fingerprint density at radius 1 is 1.77 bits per heavy atom. The van der Waals surface area contributed by atoms with Crippen LogP contribution in [0.5, 0.6) is 5.88 Å². The molecule has 6 heteroatoms. The summed E-state index contributed by atoms with van der Waals surface area (Å²) in [5, 5.41) is 17.8. The average Bonchev–Trinajstić information content (AvgIpc) is 2.61. The molecule has 1 unspecified atom stereocenters. The zero-order valence-corrected chi connectivity index (χ0v) is 6.67. The molecule has 2 heterocycles. The largest absolute Gasteiger partial charge is 0.479 e. The first-order valence-corrected chi connectivity index (χ1v) is 3.79. The summed E-state index contributed by atoms with van der Waals surface area (Å²) in [4.78, 5) is 14.2. The van der Waals surface area contributed by atoms with Gasteiger partial charge in [-0.15, -0.1) is 0 Å². The van der Waals surface area contributed by atoms with Crippen LogP contribution in [-0.4, -0.2) is 32.3 Å². The minimum absolute atomic E-state index is 0.125. The first-order chi connectivity index (χ1) is 6.20. The number of nitrogens with zero attached hydrogens (tertiary/aromatic N) is 2. The molecule has 0 saturated heterocycles. The molecule has 0 aromatic carbocycles. The number of aliphatic hydroxyl groups is 1. The van der Waals surface area contributed by atoms with Crippen molar-refractivity contribution in [3.05, 3.63) is 12.0 Å². The molecular weight excluding hydrogens is 176 g/mol. The second-order valence-corrected chi connectivity index (χ2v) is 2.70. The predicted octanol–water partition coefficient (Wildman–Crippen LogP) is -0.607. The van der Waals surface area contributed by atoms with Gasteiger partial charge in [-0.3, -0.25) is 4.57 Å². The van der Waals surface area contributed by atoms with E-state index < -0.39 is 12.1 Å². The molecule has 0 bridgehead atoms. The molecule has 0 spiro atoms. The van der Waals surface area contributed by atoms with Crippen molar-refractivity contribution in [2.24, 2.45) is 0 Å². The maximum Gasteiger partial charge on any atom is 0.340 e. The molecule has 70 valence electrons. The van der Waals surface area contributed by atoms with E-state index in [9.17, 15) is 9.90 Å². The highest BCUT2D eigenvalue weighted by atomic mass is 16.5. The topological polar surface area (TPSA) is 84.6 Å². The SMILES string of the molecule is O=C(O)C(O)c1ncc2n1CCO2. The number of aliphatic carboxylic acids is 1. The fourth-order valence-electron chi connectivity index (χ4n) is 1.28.